The molecule has 1 aromatic carbocycles. The molecular formula is C16H17BrN2O4S. The van der Waals surface area contributed by atoms with Gasteiger partial charge in [-0.1, -0.05) is 15.9 Å². The number of nitrogens with zero attached hydrogens (tertiary/aromatic N) is 1. The average Bonchev–Trinajstić information content (AvgIpc) is 2.92. The fourth-order valence-corrected chi connectivity index (χ4v) is 3.50. The van der Waals surface area contributed by atoms with E-state index in [1.165, 1.54) is 18.4 Å². The van der Waals surface area contributed by atoms with Crippen LogP contribution in [0.25, 0.3) is 0 Å². The molecule has 0 aliphatic carbocycles. The normalized spacial score (nSPS) is 10.3. The molecule has 0 bridgehead atoms. The zero-order valence-electron chi connectivity index (χ0n) is 13.5. The standard InChI is InChI=1S/C16H17BrN2O4S/c1-9-4-11(17)5-10(2)15(9)23-7-13(20)19-16-18-12(8-24-16)6-14(21)22-3/h4-5,8H,6-7H2,1-3H3,(H,18,19,20). The first kappa shape index (κ1) is 18.4. The van der Waals surface area contributed by atoms with Gasteiger partial charge in [-0.25, -0.2) is 4.98 Å². The Labute approximate surface area is 152 Å². The van der Waals surface area contributed by atoms with Gasteiger partial charge in [0.25, 0.3) is 5.91 Å². The molecule has 0 saturated carbocycles. The van der Waals surface area contributed by atoms with Crippen LogP contribution in [-0.2, 0) is 20.7 Å². The van der Waals surface area contributed by atoms with Crippen LogP contribution in [0, 0.1) is 13.8 Å². The molecule has 8 heteroatoms. The van der Waals surface area contributed by atoms with E-state index in [0.29, 0.717) is 16.6 Å². The van der Waals surface area contributed by atoms with E-state index in [2.05, 4.69) is 31.0 Å². The Morgan fingerprint density at radius 1 is 1.29 bits per heavy atom. The lowest BCUT2D eigenvalue weighted by Gasteiger charge is -2.12. The fourth-order valence-electron chi connectivity index (χ4n) is 2.08. The molecule has 0 aliphatic heterocycles. The molecule has 0 atom stereocenters. The lowest BCUT2D eigenvalue weighted by atomic mass is 10.1. The lowest BCUT2D eigenvalue weighted by Crippen LogP contribution is -2.20. The largest absolute Gasteiger partial charge is 0.483 e. The summed E-state index contributed by atoms with van der Waals surface area (Å²) < 4.78 is 11.2. The summed E-state index contributed by atoms with van der Waals surface area (Å²) in [6.07, 6.45) is 0.0800. The van der Waals surface area contributed by atoms with Crippen LogP contribution < -0.4 is 10.1 Å². The van der Waals surface area contributed by atoms with Gasteiger partial charge in [-0.3, -0.25) is 14.9 Å². The van der Waals surface area contributed by atoms with Crippen molar-refractivity contribution >= 4 is 44.3 Å². The molecule has 0 aliphatic rings. The molecule has 1 aromatic heterocycles. The van der Waals surface area contributed by atoms with Crippen molar-refractivity contribution in [3.8, 4) is 5.75 Å². The first-order valence-electron chi connectivity index (χ1n) is 7.09. The van der Waals surface area contributed by atoms with Gasteiger partial charge in [-0.05, 0) is 37.1 Å². The summed E-state index contributed by atoms with van der Waals surface area (Å²) in [5.41, 5.74) is 2.45. The van der Waals surface area contributed by atoms with E-state index < -0.39 is 0 Å². The second kappa shape index (κ2) is 8.25. The van der Waals surface area contributed by atoms with Crippen LogP contribution in [0.5, 0.6) is 5.75 Å². The van der Waals surface area contributed by atoms with Crippen molar-refractivity contribution in [3.63, 3.8) is 0 Å². The predicted octanol–water partition coefficient (Wildman–Crippen LogP) is 3.26. The second-order valence-electron chi connectivity index (χ2n) is 5.10. The molecule has 0 fully saturated rings. The SMILES string of the molecule is COC(=O)Cc1csc(NC(=O)COc2c(C)cc(Br)cc2C)n1. The summed E-state index contributed by atoms with van der Waals surface area (Å²) in [5.74, 6) is 0.0113. The highest BCUT2D eigenvalue weighted by Gasteiger charge is 2.12. The van der Waals surface area contributed by atoms with Crippen LogP contribution in [0.1, 0.15) is 16.8 Å². The fraction of sp³-hybridized carbons (Fsp3) is 0.312. The van der Waals surface area contributed by atoms with E-state index in [0.717, 1.165) is 15.6 Å². The van der Waals surface area contributed by atoms with Crippen LogP contribution in [0.4, 0.5) is 5.13 Å². The van der Waals surface area contributed by atoms with Gasteiger partial charge in [0.05, 0.1) is 19.2 Å². The first-order chi connectivity index (χ1) is 11.4. The van der Waals surface area contributed by atoms with E-state index in [1.54, 1.807) is 5.38 Å². The van der Waals surface area contributed by atoms with Crippen LogP contribution >= 0.6 is 27.3 Å². The maximum absolute atomic E-state index is 12.0. The van der Waals surface area contributed by atoms with Gasteiger partial charge >= 0.3 is 5.97 Å². The van der Waals surface area contributed by atoms with Crippen molar-refractivity contribution in [1.82, 2.24) is 4.98 Å². The van der Waals surface area contributed by atoms with Gasteiger partial charge in [0.15, 0.2) is 11.7 Å². The highest BCUT2D eigenvalue weighted by atomic mass is 79.9. The summed E-state index contributed by atoms with van der Waals surface area (Å²) in [6, 6.07) is 3.86. The summed E-state index contributed by atoms with van der Waals surface area (Å²) in [5, 5.41) is 4.78. The summed E-state index contributed by atoms with van der Waals surface area (Å²) in [4.78, 5) is 27.3. The highest BCUT2D eigenvalue weighted by Crippen LogP contribution is 2.27. The smallest absolute Gasteiger partial charge is 0.311 e. The Morgan fingerprint density at radius 2 is 1.96 bits per heavy atom. The molecule has 6 nitrogen and oxygen atoms in total. The van der Waals surface area contributed by atoms with Crippen molar-refractivity contribution in [2.75, 3.05) is 19.0 Å². The molecule has 0 saturated heterocycles. The van der Waals surface area contributed by atoms with Crippen LogP contribution in [0.15, 0.2) is 22.0 Å². The van der Waals surface area contributed by atoms with E-state index >= 15 is 0 Å². The molecule has 1 heterocycles. The molecule has 0 spiro atoms. The molecule has 24 heavy (non-hydrogen) atoms. The van der Waals surface area contributed by atoms with E-state index in [4.69, 9.17) is 4.74 Å². The third-order valence-electron chi connectivity index (χ3n) is 3.12. The maximum atomic E-state index is 12.0. The minimum Gasteiger partial charge on any atom is -0.483 e. The van der Waals surface area contributed by atoms with Gasteiger partial charge in [-0.2, -0.15) is 0 Å². The van der Waals surface area contributed by atoms with Crippen molar-refractivity contribution in [1.29, 1.82) is 0 Å². The molecule has 1 amide bonds. The number of methoxy groups -OCH3 is 1. The minimum atomic E-state index is -0.373. The Balaban J connectivity index is 1.91. The quantitative estimate of drug-likeness (QED) is 0.736. The topological polar surface area (TPSA) is 77.5 Å². The van der Waals surface area contributed by atoms with Crippen LogP contribution in [0.2, 0.25) is 0 Å². The zero-order chi connectivity index (χ0) is 17.7. The first-order valence-corrected chi connectivity index (χ1v) is 8.77. The number of amides is 1. The van der Waals surface area contributed by atoms with Gasteiger partial charge in [0.1, 0.15) is 5.75 Å². The number of esters is 1. The third-order valence-corrected chi connectivity index (χ3v) is 4.39. The number of halogens is 1. The summed E-state index contributed by atoms with van der Waals surface area (Å²) >= 11 is 4.67. The number of benzene rings is 1. The number of aromatic nitrogens is 1. The molecule has 0 radical (unpaired) electrons. The number of nitrogens with one attached hydrogen (secondary N) is 1. The Hall–Kier alpha value is -1.93. The van der Waals surface area contributed by atoms with Crippen LogP contribution in [-0.4, -0.2) is 30.6 Å². The number of rotatable bonds is 6. The van der Waals surface area contributed by atoms with Crippen LogP contribution in [0.3, 0.4) is 0 Å². The van der Waals surface area contributed by atoms with Crippen molar-refractivity contribution in [2.45, 2.75) is 20.3 Å². The van der Waals surface area contributed by atoms with E-state index in [-0.39, 0.29) is 24.9 Å². The number of hydrogen-bond donors (Lipinski definition) is 1. The number of carbonyl (C=O) groups excluding carboxylic acids is 2. The van der Waals surface area contributed by atoms with E-state index in [9.17, 15) is 9.59 Å². The van der Waals surface area contributed by atoms with Crippen molar-refractivity contribution in [2.24, 2.45) is 0 Å². The van der Waals surface area contributed by atoms with E-state index in [1.807, 2.05) is 26.0 Å². The van der Waals surface area contributed by atoms with Crippen molar-refractivity contribution in [3.05, 3.63) is 38.8 Å². The molecule has 2 aromatic rings. The number of carbonyl (C=O) groups is 2. The zero-order valence-corrected chi connectivity index (χ0v) is 15.9. The molecule has 1 N–H and O–H groups in total. The molecular weight excluding hydrogens is 396 g/mol. The number of aryl methyl sites for hydroxylation is 2. The van der Waals surface area contributed by atoms with Gasteiger partial charge in [0, 0.05) is 9.85 Å². The predicted molar refractivity (Wildman–Crippen MR) is 95.6 cm³/mol. The molecule has 128 valence electrons. The molecule has 2 rings (SSSR count). The Bertz CT molecular complexity index is 737. The average molecular weight is 413 g/mol. The number of ether oxygens (including phenoxy) is 2. The number of hydrogen-bond acceptors (Lipinski definition) is 6. The monoisotopic (exact) mass is 412 g/mol. The second-order valence-corrected chi connectivity index (χ2v) is 6.88. The Morgan fingerprint density at radius 3 is 2.58 bits per heavy atom. The minimum absolute atomic E-state index is 0.0800. The van der Waals surface area contributed by atoms with Gasteiger partial charge < -0.3 is 9.47 Å². The number of anilines is 1. The van der Waals surface area contributed by atoms with Gasteiger partial charge in [-0.15, -0.1) is 11.3 Å². The summed E-state index contributed by atoms with van der Waals surface area (Å²) in [6.45, 7) is 3.73. The maximum Gasteiger partial charge on any atom is 0.311 e. The van der Waals surface area contributed by atoms with Crippen molar-refractivity contribution < 1.29 is 19.1 Å². The highest BCUT2D eigenvalue weighted by molar-refractivity contribution is 9.10. The van der Waals surface area contributed by atoms with Gasteiger partial charge in [0.2, 0.25) is 0 Å². The third kappa shape index (κ3) is 5.04. The lowest BCUT2D eigenvalue weighted by molar-refractivity contribution is -0.139. The number of thiazole rings is 1. The molecule has 0 unspecified atom stereocenters. The summed E-state index contributed by atoms with van der Waals surface area (Å²) in [7, 11) is 1.32. The Kier molecular flexibility index (Phi) is 6.33.